The molecular weight excluding hydrogens is 200 g/mol. The van der Waals surface area contributed by atoms with Crippen molar-refractivity contribution in [1.29, 1.82) is 5.26 Å². The Morgan fingerprint density at radius 2 is 2.33 bits per heavy atom. The number of rotatable bonds is 4. The Morgan fingerprint density at radius 1 is 1.60 bits per heavy atom. The predicted octanol–water partition coefficient (Wildman–Crippen LogP) is 1.04. The van der Waals surface area contributed by atoms with Gasteiger partial charge in [0.2, 0.25) is 0 Å². The van der Waals surface area contributed by atoms with E-state index in [0.717, 1.165) is 6.07 Å². The molecule has 0 unspecified atom stereocenters. The SMILES string of the molecule is N#Cc1ccc(OCC=O)c([N+](=O)[O-])c1. The number of hydrogen-bond acceptors (Lipinski definition) is 5. The van der Waals surface area contributed by atoms with Crippen molar-refractivity contribution in [3.05, 3.63) is 33.9 Å². The van der Waals surface area contributed by atoms with Crippen molar-refractivity contribution in [2.75, 3.05) is 6.61 Å². The maximum Gasteiger partial charge on any atom is 0.312 e. The van der Waals surface area contributed by atoms with Crippen molar-refractivity contribution in [2.45, 2.75) is 0 Å². The van der Waals surface area contributed by atoms with Crippen LogP contribution in [0.2, 0.25) is 0 Å². The van der Waals surface area contributed by atoms with Crippen molar-refractivity contribution in [3.8, 4) is 11.8 Å². The highest BCUT2D eigenvalue weighted by molar-refractivity contribution is 5.55. The van der Waals surface area contributed by atoms with E-state index in [1.165, 1.54) is 12.1 Å². The lowest BCUT2D eigenvalue weighted by atomic mass is 10.2. The van der Waals surface area contributed by atoms with Gasteiger partial charge in [-0.05, 0) is 12.1 Å². The molecular formula is C9H6N2O4. The van der Waals surface area contributed by atoms with E-state index >= 15 is 0 Å². The van der Waals surface area contributed by atoms with Crippen molar-refractivity contribution in [2.24, 2.45) is 0 Å². The zero-order chi connectivity index (χ0) is 11.3. The molecule has 1 rings (SSSR count). The van der Waals surface area contributed by atoms with Crippen LogP contribution in [0.4, 0.5) is 5.69 Å². The highest BCUT2D eigenvalue weighted by atomic mass is 16.6. The number of nitrogens with zero attached hydrogens (tertiary/aromatic N) is 2. The van der Waals surface area contributed by atoms with Gasteiger partial charge in [0.05, 0.1) is 16.6 Å². The minimum absolute atomic E-state index is 0.0221. The van der Waals surface area contributed by atoms with E-state index in [-0.39, 0.29) is 23.6 Å². The number of carbonyl (C=O) groups is 1. The second kappa shape index (κ2) is 4.72. The summed E-state index contributed by atoms with van der Waals surface area (Å²) in [6.07, 6.45) is 0.488. The molecule has 6 nitrogen and oxygen atoms in total. The molecule has 0 fully saturated rings. The Kier molecular flexibility index (Phi) is 3.35. The van der Waals surface area contributed by atoms with Crippen molar-refractivity contribution in [3.63, 3.8) is 0 Å². The van der Waals surface area contributed by atoms with Gasteiger partial charge in [0.15, 0.2) is 12.0 Å². The Morgan fingerprint density at radius 3 is 2.87 bits per heavy atom. The molecule has 6 heteroatoms. The van der Waals surface area contributed by atoms with Crippen LogP contribution < -0.4 is 4.74 Å². The molecule has 0 aliphatic carbocycles. The molecule has 0 radical (unpaired) electrons. The first kappa shape index (κ1) is 10.7. The van der Waals surface area contributed by atoms with Gasteiger partial charge in [-0.3, -0.25) is 14.9 Å². The van der Waals surface area contributed by atoms with Gasteiger partial charge in [0.25, 0.3) is 0 Å². The van der Waals surface area contributed by atoms with E-state index in [4.69, 9.17) is 10.00 Å². The first-order valence-electron chi connectivity index (χ1n) is 3.94. The summed E-state index contributed by atoms with van der Waals surface area (Å²) in [5.41, 5.74) is -0.156. The lowest BCUT2D eigenvalue weighted by Crippen LogP contribution is -2.01. The summed E-state index contributed by atoms with van der Waals surface area (Å²) in [6, 6.07) is 5.55. The highest BCUT2D eigenvalue weighted by Crippen LogP contribution is 2.27. The Bertz CT molecular complexity index is 436. The normalized spacial score (nSPS) is 9.00. The summed E-state index contributed by atoms with van der Waals surface area (Å²) in [4.78, 5) is 20.0. The number of nitro benzene ring substituents is 1. The molecule has 0 aliphatic heterocycles. The molecule has 0 atom stereocenters. The lowest BCUT2D eigenvalue weighted by molar-refractivity contribution is -0.385. The van der Waals surface area contributed by atoms with Gasteiger partial charge < -0.3 is 4.74 Å². The predicted molar refractivity (Wildman–Crippen MR) is 49.4 cm³/mol. The summed E-state index contributed by atoms with van der Waals surface area (Å²) in [7, 11) is 0. The van der Waals surface area contributed by atoms with E-state index in [1.807, 2.05) is 0 Å². The van der Waals surface area contributed by atoms with Crippen LogP contribution in [0.15, 0.2) is 18.2 Å². The summed E-state index contributed by atoms with van der Waals surface area (Å²) in [5, 5.41) is 19.1. The molecule has 0 heterocycles. The van der Waals surface area contributed by atoms with E-state index < -0.39 is 4.92 Å². The van der Waals surface area contributed by atoms with Crippen molar-refractivity contribution in [1.82, 2.24) is 0 Å². The number of carbonyl (C=O) groups excluding carboxylic acids is 1. The van der Waals surface area contributed by atoms with Gasteiger partial charge >= 0.3 is 5.69 Å². The number of benzene rings is 1. The zero-order valence-electron chi connectivity index (χ0n) is 7.54. The molecule has 0 aromatic heterocycles. The van der Waals surface area contributed by atoms with Crippen LogP contribution >= 0.6 is 0 Å². The van der Waals surface area contributed by atoms with Crippen LogP contribution in [0.5, 0.6) is 5.75 Å². The molecule has 0 saturated carbocycles. The molecule has 1 aromatic carbocycles. The van der Waals surface area contributed by atoms with E-state index in [9.17, 15) is 14.9 Å². The molecule has 0 aliphatic rings. The second-order valence-electron chi connectivity index (χ2n) is 2.53. The third-order valence-electron chi connectivity index (χ3n) is 1.59. The van der Waals surface area contributed by atoms with Crippen LogP contribution in [0, 0.1) is 21.4 Å². The van der Waals surface area contributed by atoms with Gasteiger partial charge in [0.1, 0.15) is 6.61 Å². The van der Waals surface area contributed by atoms with Gasteiger partial charge in [-0.15, -0.1) is 0 Å². The maximum atomic E-state index is 10.6. The van der Waals surface area contributed by atoms with Gasteiger partial charge in [-0.2, -0.15) is 5.26 Å². The van der Waals surface area contributed by atoms with E-state index in [0.29, 0.717) is 6.29 Å². The minimum Gasteiger partial charge on any atom is -0.479 e. The molecule has 1 aromatic rings. The van der Waals surface area contributed by atoms with E-state index in [2.05, 4.69) is 0 Å². The fourth-order valence-corrected chi connectivity index (χ4v) is 0.975. The van der Waals surface area contributed by atoms with Gasteiger partial charge in [-0.25, -0.2) is 0 Å². The van der Waals surface area contributed by atoms with Crippen LogP contribution in [-0.2, 0) is 4.79 Å². The first-order chi connectivity index (χ1) is 7.19. The quantitative estimate of drug-likeness (QED) is 0.417. The van der Waals surface area contributed by atoms with Crippen molar-refractivity contribution < 1.29 is 14.5 Å². The fraction of sp³-hybridized carbons (Fsp3) is 0.111. The van der Waals surface area contributed by atoms with Crippen LogP contribution in [0.25, 0.3) is 0 Å². The van der Waals surface area contributed by atoms with Crippen LogP contribution in [-0.4, -0.2) is 17.8 Å². The standard InChI is InChI=1S/C9H6N2O4/c10-6-7-1-2-9(15-4-3-12)8(5-7)11(13)14/h1-3,5H,4H2. The summed E-state index contributed by atoms with van der Waals surface area (Å²) >= 11 is 0. The minimum atomic E-state index is -0.666. The Hall–Kier alpha value is -2.42. The molecule has 0 spiro atoms. The fourth-order valence-electron chi connectivity index (χ4n) is 0.975. The number of ether oxygens (including phenoxy) is 1. The summed E-state index contributed by atoms with van der Waals surface area (Å²) < 4.78 is 4.83. The zero-order valence-corrected chi connectivity index (χ0v) is 7.54. The third kappa shape index (κ3) is 2.51. The smallest absolute Gasteiger partial charge is 0.312 e. The van der Waals surface area contributed by atoms with Gasteiger partial charge in [-0.1, -0.05) is 0 Å². The van der Waals surface area contributed by atoms with Crippen molar-refractivity contribution >= 4 is 12.0 Å². The Labute approximate surface area is 84.8 Å². The molecule has 0 saturated heterocycles. The number of hydrogen-bond donors (Lipinski definition) is 0. The highest BCUT2D eigenvalue weighted by Gasteiger charge is 2.15. The average molecular weight is 206 g/mol. The summed E-state index contributed by atoms with van der Waals surface area (Å²) in [5.74, 6) is -0.0221. The van der Waals surface area contributed by atoms with Gasteiger partial charge in [0, 0.05) is 6.07 Å². The van der Waals surface area contributed by atoms with Crippen LogP contribution in [0.3, 0.4) is 0 Å². The molecule has 0 bridgehead atoms. The van der Waals surface area contributed by atoms with Crippen LogP contribution in [0.1, 0.15) is 5.56 Å². The largest absolute Gasteiger partial charge is 0.479 e. The maximum absolute atomic E-state index is 10.6. The average Bonchev–Trinajstić information content (AvgIpc) is 2.26. The molecule has 15 heavy (non-hydrogen) atoms. The number of aldehydes is 1. The molecule has 0 amide bonds. The van der Waals surface area contributed by atoms with E-state index in [1.54, 1.807) is 6.07 Å². The third-order valence-corrected chi connectivity index (χ3v) is 1.59. The monoisotopic (exact) mass is 206 g/mol. The second-order valence-corrected chi connectivity index (χ2v) is 2.53. The topological polar surface area (TPSA) is 93.2 Å². The lowest BCUT2D eigenvalue weighted by Gasteiger charge is -2.02. The molecule has 0 N–H and O–H groups in total. The summed E-state index contributed by atoms with van der Waals surface area (Å²) in [6.45, 7) is -0.257. The molecule has 76 valence electrons. The Balaban J connectivity index is 3.10. The number of nitriles is 1. The number of nitro groups is 1. The first-order valence-corrected chi connectivity index (χ1v) is 3.94.